The van der Waals surface area contributed by atoms with E-state index in [1.54, 1.807) is 0 Å². The van der Waals surface area contributed by atoms with E-state index in [0.29, 0.717) is 12.3 Å². The number of rotatable bonds is 5. The molecule has 3 nitrogen and oxygen atoms in total. The smallest absolute Gasteiger partial charge is 0.211 e. The van der Waals surface area contributed by atoms with E-state index >= 15 is 0 Å². The lowest BCUT2D eigenvalue weighted by Gasteiger charge is -2.29. The van der Waals surface area contributed by atoms with Crippen molar-refractivity contribution >= 4 is 10.0 Å². The van der Waals surface area contributed by atoms with Crippen molar-refractivity contribution in [3.8, 4) is 0 Å². The van der Waals surface area contributed by atoms with E-state index in [0.717, 1.165) is 19.3 Å². The van der Waals surface area contributed by atoms with Gasteiger partial charge in [-0.2, -0.15) is 0 Å². The van der Waals surface area contributed by atoms with Gasteiger partial charge in [-0.3, -0.25) is 0 Å². The van der Waals surface area contributed by atoms with Crippen LogP contribution in [-0.4, -0.2) is 20.2 Å². The maximum absolute atomic E-state index is 12.0. The molecule has 0 amide bonds. The van der Waals surface area contributed by atoms with Gasteiger partial charge in [-0.25, -0.2) is 13.1 Å². The van der Waals surface area contributed by atoms with Crippen LogP contribution >= 0.6 is 0 Å². The van der Waals surface area contributed by atoms with Crippen LogP contribution in [0.3, 0.4) is 0 Å². The first-order valence-corrected chi connectivity index (χ1v) is 8.87. The average Bonchev–Trinajstić information content (AvgIpc) is 2.25. The Morgan fingerprint density at radius 2 is 1.89 bits per heavy atom. The highest BCUT2D eigenvalue weighted by molar-refractivity contribution is 7.89. The van der Waals surface area contributed by atoms with Gasteiger partial charge in [-0.15, -0.1) is 0 Å². The van der Waals surface area contributed by atoms with Crippen LogP contribution in [0.25, 0.3) is 0 Å². The fraction of sp³-hybridized carbons (Fsp3) is 1.00. The fourth-order valence-electron chi connectivity index (χ4n) is 2.52. The minimum Gasteiger partial charge on any atom is -0.212 e. The van der Waals surface area contributed by atoms with Crippen molar-refractivity contribution in [3.63, 3.8) is 0 Å². The summed E-state index contributed by atoms with van der Waals surface area (Å²) in [5, 5.41) is 0. The monoisotopic (exact) mass is 275 g/mol. The standard InChI is InChI=1S/C14H29NO2S/c1-5-12-7-6-8-13(11-12)15-18(16,17)10-9-14(2,3)4/h12-13,15H,5-11H2,1-4H3. The molecule has 1 saturated carbocycles. The third kappa shape index (κ3) is 6.19. The molecule has 1 N–H and O–H groups in total. The van der Waals surface area contributed by atoms with Gasteiger partial charge in [0.25, 0.3) is 0 Å². The van der Waals surface area contributed by atoms with Gasteiger partial charge < -0.3 is 0 Å². The second kappa shape index (κ2) is 6.38. The SMILES string of the molecule is CCC1CCCC(NS(=O)(=O)CCC(C)(C)C)C1. The highest BCUT2D eigenvalue weighted by Gasteiger charge is 2.25. The molecule has 1 rings (SSSR count). The Morgan fingerprint density at radius 3 is 2.44 bits per heavy atom. The Hall–Kier alpha value is -0.0900. The molecule has 0 heterocycles. The molecule has 0 aromatic carbocycles. The summed E-state index contributed by atoms with van der Waals surface area (Å²) in [6.07, 6.45) is 6.32. The maximum atomic E-state index is 12.0. The minimum atomic E-state index is -3.10. The molecule has 0 aromatic heterocycles. The molecule has 1 aliphatic rings. The van der Waals surface area contributed by atoms with Gasteiger partial charge in [0.2, 0.25) is 10.0 Å². The summed E-state index contributed by atoms with van der Waals surface area (Å²) in [5.41, 5.74) is 0.0767. The van der Waals surface area contributed by atoms with Crippen LogP contribution < -0.4 is 4.72 Å². The van der Waals surface area contributed by atoms with Crippen molar-refractivity contribution < 1.29 is 8.42 Å². The van der Waals surface area contributed by atoms with Crippen LogP contribution in [0.1, 0.15) is 66.2 Å². The minimum absolute atomic E-state index is 0.0767. The number of nitrogens with one attached hydrogen (secondary N) is 1. The molecule has 0 saturated heterocycles. The summed E-state index contributed by atoms with van der Waals surface area (Å²) >= 11 is 0. The number of hydrogen-bond donors (Lipinski definition) is 1. The highest BCUT2D eigenvalue weighted by Crippen LogP contribution is 2.27. The third-order valence-corrected chi connectivity index (χ3v) is 5.26. The van der Waals surface area contributed by atoms with Gasteiger partial charge >= 0.3 is 0 Å². The topological polar surface area (TPSA) is 46.2 Å². The Kier molecular flexibility index (Phi) is 5.66. The molecule has 1 aliphatic carbocycles. The molecule has 2 atom stereocenters. The lowest BCUT2D eigenvalue weighted by atomic mass is 9.85. The summed E-state index contributed by atoms with van der Waals surface area (Å²) in [6, 6.07) is 0.175. The van der Waals surface area contributed by atoms with Gasteiger partial charge in [0.15, 0.2) is 0 Å². The third-order valence-electron chi connectivity index (χ3n) is 3.83. The van der Waals surface area contributed by atoms with Gasteiger partial charge in [-0.1, -0.05) is 47.0 Å². The second-order valence-corrected chi connectivity index (χ2v) is 8.76. The van der Waals surface area contributed by atoms with E-state index in [4.69, 9.17) is 0 Å². The number of hydrogen-bond acceptors (Lipinski definition) is 2. The van der Waals surface area contributed by atoms with Gasteiger partial charge in [0.05, 0.1) is 5.75 Å². The number of sulfonamides is 1. The Balaban J connectivity index is 2.45. The van der Waals surface area contributed by atoms with E-state index in [9.17, 15) is 8.42 Å². The maximum Gasteiger partial charge on any atom is 0.211 e. The van der Waals surface area contributed by atoms with Crippen molar-refractivity contribution in [2.75, 3.05) is 5.75 Å². The molecule has 0 aliphatic heterocycles. The van der Waals surface area contributed by atoms with Crippen LogP contribution in [0.4, 0.5) is 0 Å². The summed E-state index contributed by atoms with van der Waals surface area (Å²) in [6.45, 7) is 8.43. The Labute approximate surface area is 113 Å². The van der Waals surface area contributed by atoms with Crippen LogP contribution in [-0.2, 0) is 10.0 Å². The zero-order valence-corrected chi connectivity index (χ0v) is 13.1. The molecule has 2 unspecified atom stereocenters. The van der Waals surface area contributed by atoms with E-state index in [-0.39, 0.29) is 17.2 Å². The highest BCUT2D eigenvalue weighted by atomic mass is 32.2. The molecular formula is C14H29NO2S. The van der Waals surface area contributed by atoms with Gasteiger partial charge in [0.1, 0.15) is 0 Å². The molecule has 0 bridgehead atoms. The molecule has 18 heavy (non-hydrogen) atoms. The van der Waals surface area contributed by atoms with Crippen LogP contribution in [0, 0.1) is 11.3 Å². The lowest BCUT2D eigenvalue weighted by molar-refractivity contribution is 0.300. The molecule has 108 valence electrons. The predicted molar refractivity (Wildman–Crippen MR) is 77.0 cm³/mol. The van der Waals surface area contributed by atoms with Gasteiger partial charge in [0, 0.05) is 6.04 Å². The summed E-state index contributed by atoms with van der Waals surface area (Å²) < 4.78 is 27.0. The largest absolute Gasteiger partial charge is 0.212 e. The van der Waals surface area contributed by atoms with Gasteiger partial charge in [-0.05, 0) is 30.6 Å². The quantitative estimate of drug-likeness (QED) is 0.836. The van der Waals surface area contributed by atoms with E-state index in [1.165, 1.54) is 12.8 Å². The average molecular weight is 275 g/mol. The zero-order valence-electron chi connectivity index (χ0n) is 12.3. The van der Waals surface area contributed by atoms with E-state index in [2.05, 4.69) is 32.4 Å². The zero-order chi connectivity index (χ0) is 13.8. The molecule has 0 spiro atoms. The molecule has 0 aromatic rings. The van der Waals surface area contributed by atoms with Crippen LogP contribution in [0.5, 0.6) is 0 Å². The molecule has 4 heteroatoms. The lowest BCUT2D eigenvalue weighted by Crippen LogP contribution is -2.40. The predicted octanol–water partition coefficient (Wildman–Crippen LogP) is 3.31. The van der Waals surface area contributed by atoms with Crippen LogP contribution in [0.2, 0.25) is 0 Å². The normalized spacial score (nSPS) is 26.2. The Morgan fingerprint density at radius 1 is 1.22 bits per heavy atom. The van der Waals surface area contributed by atoms with Crippen LogP contribution in [0.15, 0.2) is 0 Å². The van der Waals surface area contributed by atoms with Crippen molar-refractivity contribution in [3.05, 3.63) is 0 Å². The fourth-order valence-corrected chi connectivity index (χ4v) is 4.24. The van der Waals surface area contributed by atoms with Crippen molar-refractivity contribution in [1.29, 1.82) is 0 Å². The molecular weight excluding hydrogens is 246 g/mol. The van der Waals surface area contributed by atoms with Crippen molar-refractivity contribution in [2.45, 2.75) is 72.3 Å². The molecule has 0 radical (unpaired) electrons. The summed E-state index contributed by atoms with van der Waals surface area (Å²) in [5.74, 6) is 0.957. The van der Waals surface area contributed by atoms with E-state index in [1.807, 2.05) is 0 Å². The first kappa shape index (κ1) is 16.0. The molecule has 1 fully saturated rings. The summed E-state index contributed by atoms with van der Waals surface area (Å²) in [4.78, 5) is 0. The first-order chi connectivity index (χ1) is 8.22. The van der Waals surface area contributed by atoms with Crippen molar-refractivity contribution in [1.82, 2.24) is 4.72 Å². The van der Waals surface area contributed by atoms with E-state index < -0.39 is 10.0 Å². The Bertz CT molecular complexity index is 343. The summed E-state index contributed by atoms with van der Waals surface area (Å²) in [7, 11) is -3.10. The first-order valence-electron chi connectivity index (χ1n) is 7.22. The van der Waals surface area contributed by atoms with Crippen molar-refractivity contribution in [2.24, 2.45) is 11.3 Å². The second-order valence-electron chi connectivity index (χ2n) is 6.89.